The Morgan fingerprint density at radius 1 is 1.61 bits per heavy atom. The normalized spacial score (nSPS) is 10.5. The van der Waals surface area contributed by atoms with Gasteiger partial charge in [-0.1, -0.05) is 23.1 Å². The van der Waals surface area contributed by atoms with E-state index in [2.05, 4.69) is 15.2 Å². The number of thioether (sulfide) groups is 1. The number of aromatic nitrogens is 3. The van der Waals surface area contributed by atoms with Crippen molar-refractivity contribution in [1.82, 2.24) is 15.2 Å². The maximum Gasteiger partial charge on any atom is 0.287 e. The fourth-order valence-electron chi connectivity index (χ4n) is 1.19. The molecule has 2 heterocycles. The van der Waals surface area contributed by atoms with E-state index in [1.54, 1.807) is 0 Å². The van der Waals surface area contributed by atoms with Crippen molar-refractivity contribution >= 4 is 34.6 Å². The van der Waals surface area contributed by atoms with Crippen LogP contribution < -0.4 is 0 Å². The van der Waals surface area contributed by atoms with Gasteiger partial charge in [-0.05, 0) is 6.92 Å². The third kappa shape index (κ3) is 2.93. The Balaban J connectivity index is 1.97. The summed E-state index contributed by atoms with van der Waals surface area (Å²) in [5, 5.41) is 19.0. The fraction of sp³-hybridized carbons (Fsp3) is 0.222. The van der Waals surface area contributed by atoms with E-state index in [9.17, 15) is 14.9 Å². The minimum Gasteiger partial charge on any atom is -0.353 e. The van der Waals surface area contributed by atoms with Gasteiger partial charge in [0.15, 0.2) is 10.1 Å². The van der Waals surface area contributed by atoms with Crippen LogP contribution in [0.4, 0.5) is 5.69 Å². The van der Waals surface area contributed by atoms with Gasteiger partial charge in [-0.15, -0.1) is 10.2 Å². The number of aromatic amines is 1. The summed E-state index contributed by atoms with van der Waals surface area (Å²) in [5.74, 6) is -0.0345. The highest BCUT2D eigenvalue weighted by atomic mass is 32.2. The van der Waals surface area contributed by atoms with Crippen LogP contribution in [0.3, 0.4) is 0 Å². The van der Waals surface area contributed by atoms with Crippen LogP contribution in [0.2, 0.25) is 0 Å². The first-order valence-corrected chi connectivity index (χ1v) is 6.65. The van der Waals surface area contributed by atoms with Crippen LogP contribution in [-0.2, 0) is 0 Å². The second-order valence-corrected chi connectivity index (χ2v) is 5.73. The van der Waals surface area contributed by atoms with Crippen molar-refractivity contribution < 1.29 is 9.72 Å². The minimum absolute atomic E-state index is 0.116. The zero-order chi connectivity index (χ0) is 13.1. The number of ketones is 1. The monoisotopic (exact) mass is 284 g/mol. The van der Waals surface area contributed by atoms with Crippen molar-refractivity contribution in [2.24, 2.45) is 0 Å². The summed E-state index contributed by atoms with van der Waals surface area (Å²) in [7, 11) is 0. The third-order valence-electron chi connectivity index (χ3n) is 2.01. The Hall–Kier alpha value is -1.74. The molecule has 0 atom stereocenters. The highest BCUT2D eigenvalue weighted by molar-refractivity contribution is 8.01. The number of H-pyrrole nitrogens is 1. The van der Waals surface area contributed by atoms with Crippen LogP contribution in [0.15, 0.2) is 16.6 Å². The van der Waals surface area contributed by atoms with E-state index in [1.165, 1.54) is 35.4 Å². The molecule has 0 amide bonds. The summed E-state index contributed by atoms with van der Waals surface area (Å²) < 4.78 is 0.710. The molecule has 2 aromatic heterocycles. The highest BCUT2D eigenvalue weighted by Crippen LogP contribution is 2.23. The number of Topliss-reactive ketones (excluding diaryl/α,β-unsaturated/α-hetero) is 1. The van der Waals surface area contributed by atoms with Gasteiger partial charge in [0.1, 0.15) is 5.01 Å². The quantitative estimate of drug-likeness (QED) is 0.390. The maximum atomic E-state index is 11.7. The Morgan fingerprint density at radius 3 is 2.94 bits per heavy atom. The van der Waals surface area contributed by atoms with E-state index < -0.39 is 4.92 Å². The molecule has 0 aromatic carbocycles. The molecule has 0 unspecified atom stereocenters. The summed E-state index contributed by atoms with van der Waals surface area (Å²) in [6, 6.07) is 1.23. The van der Waals surface area contributed by atoms with Crippen molar-refractivity contribution in [3.63, 3.8) is 0 Å². The molecule has 0 spiro atoms. The molecule has 0 saturated heterocycles. The summed E-state index contributed by atoms with van der Waals surface area (Å²) in [5.41, 5.74) is 0.116. The number of nitrogens with zero attached hydrogens (tertiary/aromatic N) is 3. The fourth-order valence-corrected chi connectivity index (χ4v) is 2.89. The Bertz CT molecular complexity index is 592. The molecule has 0 bridgehead atoms. The number of hydrogen-bond donors (Lipinski definition) is 1. The lowest BCUT2D eigenvalue weighted by atomic mass is 10.3. The molecule has 0 fully saturated rings. The van der Waals surface area contributed by atoms with Crippen molar-refractivity contribution in [3.8, 4) is 0 Å². The number of carbonyl (C=O) groups is 1. The van der Waals surface area contributed by atoms with Gasteiger partial charge in [0.25, 0.3) is 5.69 Å². The number of hydrogen-bond acceptors (Lipinski definition) is 7. The molecule has 0 radical (unpaired) electrons. The van der Waals surface area contributed by atoms with Crippen LogP contribution >= 0.6 is 23.1 Å². The number of nitro groups is 1. The van der Waals surface area contributed by atoms with Crippen LogP contribution in [0, 0.1) is 17.0 Å². The van der Waals surface area contributed by atoms with Gasteiger partial charge >= 0.3 is 0 Å². The Kier molecular flexibility index (Phi) is 3.72. The summed E-state index contributed by atoms with van der Waals surface area (Å²) in [6.45, 7) is 1.83. The smallest absolute Gasteiger partial charge is 0.287 e. The lowest BCUT2D eigenvalue weighted by molar-refractivity contribution is -0.384. The van der Waals surface area contributed by atoms with Crippen molar-refractivity contribution in [3.05, 3.63) is 33.1 Å². The number of carbonyl (C=O) groups excluding carboxylic acids is 1. The van der Waals surface area contributed by atoms with Gasteiger partial charge in [0.05, 0.1) is 22.6 Å². The molecule has 1 N–H and O–H groups in total. The second kappa shape index (κ2) is 5.27. The lowest BCUT2D eigenvalue weighted by Gasteiger charge is -1.94. The SMILES string of the molecule is Cc1nnc(SCC(=O)c2cc([N+](=O)[O-])c[nH]2)s1. The number of rotatable bonds is 5. The zero-order valence-corrected chi connectivity index (χ0v) is 10.9. The predicted octanol–water partition coefficient (Wildman–Crippen LogP) is 2.06. The van der Waals surface area contributed by atoms with E-state index in [1.807, 2.05) is 6.92 Å². The van der Waals surface area contributed by atoms with Crippen LogP contribution in [0.1, 0.15) is 15.5 Å². The van der Waals surface area contributed by atoms with Gasteiger partial charge in [0.2, 0.25) is 0 Å². The molecule has 7 nitrogen and oxygen atoms in total. The molecule has 94 valence electrons. The van der Waals surface area contributed by atoms with Gasteiger partial charge in [-0.3, -0.25) is 14.9 Å². The molecule has 9 heteroatoms. The van der Waals surface area contributed by atoms with E-state index in [-0.39, 0.29) is 22.9 Å². The lowest BCUT2D eigenvalue weighted by Crippen LogP contribution is -2.02. The number of aryl methyl sites for hydroxylation is 1. The van der Waals surface area contributed by atoms with Gasteiger partial charge in [-0.25, -0.2) is 0 Å². The second-order valence-electron chi connectivity index (χ2n) is 3.33. The predicted molar refractivity (Wildman–Crippen MR) is 67.1 cm³/mol. The molecule has 0 aliphatic rings. The first-order chi connectivity index (χ1) is 8.56. The highest BCUT2D eigenvalue weighted by Gasteiger charge is 2.15. The molecule has 0 aliphatic carbocycles. The maximum absolute atomic E-state index is 11.7. The van der Waals surface area contributed by atoms with Gasteiger partial charge in [-0.2, -0.15) is 0 Å². The molecule has 2 rings (SSSR count). The largest absolute Gasteiger partial charge is 0.353 e. The van der Waals surface area contributed by atoms with Crippen LogP contribution in [0.25, 0.3) is 0 Å². The zero-order valence-electron chi connectivity index (χ0n) is 9.24. The summed E-state index contributed by atoms with van der Waals surface area (Å²) in [6.07, 6.45) is 1.20. The summed E-state index contributed by atoms with van der Waals surface area (Å²) in [4.78, 5) is 24.3. The topological polar surface area (TPSA) is 102 Å². The van der Waals surface area contributed by atoms with Crippen molar-refractivity contribution in [2.75, 3.05) is 5.75 Å². The van der Waals surface area contributed by atoms with E-state index in [0.717, 1.165) is 5.01 Å². The molecule has 2 aromatic rings. The van der Waals surface area contributed by atoms with Crippen LogP contribution in [0.5, 0.6) is 0 Å². The molecule has 18 heavy (non-hydrogen) atoms. The molecule has 0 saturated carbocycles. The average Bonchev–Trinajstić information content (AvgIpc) is 2.94. The van der Waals surface area contributed by atoms with Crippen molar-refractivity contribution in [1.29, 1.82) is 0 Å². The van der Waals surface area contributed by atoms with Crippen molar-refractivity contribution in [2.45, 2.75) is 11.3 Å². The molecular formula is C9H8N4O3S2. The standard InChI is InChI=1S/C9H8N4O3S2/c1-5-11-12-9(18-5)17-4-8(14)7-2-6(3-10-7)13(15)16/h2-3,10H,4H2,1H3. The summed E-state index contributed by atoms with van der Waals surface area (Å²) >= 11 is 2.67. The molecular weight excluding hydrogens is 276 g/mol. The van der Waals surface area contributed by atoms with Crippen LogP contribution in [-0.4, -0.2) is 31.6 Å². The van der Waals surface area contributed by atoms with Gasteiger partial charge < -0.3 is 4.98 Å². The Morgan fingerprint density at radius 2 is 2.39 bits per heavy atom. The van der Waals surface area contributed by atoms with E-state index in [0.29, 0.717) is 4.34 Å². The van der Waals surface area contributed by atoms with Gasteiger partial charge in [0, 0.05) is 6.07 Å². The van der Waals surface area contributed by atoms with E-state index >= 15 is 0 Å². The Labute approximate surface area is 110 Å². The third-order valence-corrected chi connectivity index (χ3v) is 3.99. The molecule has 0 aliphatic heterocycles. The first-order valence-electron chi connectivity index (χ1n) is 4.85. The first kappa shape index (κ1) is 12.7. The minimum atomic E-state index is -0.547. The number of nitrogens with one attached hydrogen (secondary N) is 1. The van der Waals surface area contributed by atoms with E-state index in [4.69, 9.17) is 0 Å². The average molecular weight is 284 g/mol.